The number of nitrogens with zero attached hydrogens (tertiary/aromatic N) is 1. The topological polar surface area (TPSA) is 85.1 Å². The van der Waals surface area contributed by atoms with Crippen molar-refractivity contribution < 1.29 is 9.59 Å². The summed E-state index contributed by atoms with van der Waals surface area (Å²) in [5, 5.41) is 2.75. The average Bonchev–Trinajstić information content (AvgIpc) is 2.40. The number of hydrogen-bond acceptors (Lipinski definition) is 3. The van der Waals surface area contributed by atoms with Crippen molar-refractivity contribution in [2.24, 2.45) is 5.73 Å². The van der Waals surface area contributed by atoms with E-state index in [4.69, 9.17) is 5.73 Å². The van der Waals surface area contributed by atoms with Gasteiger partial charge in [-0.1, -0.05) is 6.07 Å². The van der Waals surface area contributed by atoms with Crippen molar-refractivity contribution in [1.82, 2.24) is 4.98 Å². The first-order valence-corrected chi connectivity index (χ1v) is 6.61. The summed E-state index contributed by atoms with van der Waals surface area (Å²) >= 11 is 3.21. The molecule has 1 heterocycles. The molecule has 0 aliphatic carbocycles. The summed E-state index contributed by atoms with van der Waals surface area (Å²) in [5.41, 5.74) is 7.27. The zero-order valence-corrected chi connectivity index (χ0v) is 12.3. The Bertz CT molecular complexity index is 686. The Kier molecular flexibility index (Phi) is 4.14. The average molecular weight is 334 g/mol. The number of nitrogens with one attached hydrogen (secondary N) is 1. The van der Waals surface area contributed by atoms with Gasteiger partial charge in [-0.05, 0) is 58.7 Å². The summed E-state index contributed by atoms with van der Waals surface area (Å²) in [5.74, 6) is -0.819. The van der Waals surface area contributed by atoms with Crippen molar-refractivity contribution in [2.45, 2.75) is 6.92 Å². The highest BCUT2D eigenvalue weighted by atomic mass is 79.9. The number of anilines is 1. The molecule has 102 valence electrons. The summed E-state index contributed by atoms with van der Waals surface area (Å²) in [6.07, 6.45) is 0. The predicted molar refractivity (Wildman–Crippen MR) is 79.6 cm³/mol. The van der Waals surface area contributed by atoms with Crippen molar-refractivity contribution in [1.29, 1.82) is 0 Å². The van der Waals surface area contributed by atoms with Crippen LogP contribution in [0.4, 0.5) is 5.69 Å². The van der Waals surface area contributed by atoms with Crippen LogP contribution in [-0.4, -0.2) is 16.8 Å². The maximum atomic E-state index is 12.1. The number of aryl methyl sites for hydroxylation is 1. The van der Waals surface area contributed by atoms with Gasteiger partial charge in [0.25, 0.3) is 5.91 Å². The Labute approximate surface area is 124 Å². The molecule has 2 rings (SSSR count). The van der Waals surface area contributed by atoms with E-state index in [0.717, 1.165) is 5.56 Å². The van der Waals surface area contributed by atoms with Gasteiger partial charge in [0.2, 0.25) is 5.91 Å². The molecule has 0 spiro atoms. The van der Waals surface area contributed by atoms with E-state index in [2.05, 4.69) is 26.2 Å². The second-order valence-corrected chi connectivity index (χ2v) is 5.01. The Morgan fingerprint density at radius 3 is 2.60 bits per heavy atom. The molecule has 0 saturated heterocycles. The predicted octanol–water partition coefficient (Wildman–Crippen LogP) is 2.50. The first-order valence-electron chi connectivity index (χ1n) is 5.82. The molecule has 20 heavy (non-hydrogen) atoms. The van der Waals surface area contributed by atoms with Crippen LogP contribution in [0.2, 0.25) is 0 Å². The van der Waals surface area contributed by atoms with E-state index < -0.39 is 5.91 Å². The van der Waals surface area contributed by atoms with Gasteiger partial charge in [0, 0.05) is 11.3 Å². The highest BCUT2D eigenvalue weighted by molar-refractivity contribution is 9.10. The number of carbonyl (C=O) groups is 2. The van der Waals surface area contributed by atoms with Gasteiger partial charge in [-0.15, -0.1) is 0 Å². The SMILES string of the molecule is Cc1cc(C(N)=O)ccc1NC(=O)c1cccc(Br)n1. The van der Waals surface area contributed by atoms with Crippen LogP contribution in [0.5, 0.6) is 0 Å². The highest BCUT2D eigenvalue weighted by Gasteiger charge is 2.10. The van der Waals surface area contributed by atoms with Crippen LogP contribution in [0.1, 0.15) is 26.4 Å². The van der Waals surface area contributed by atoms with Crippen molar-refractivity contribution in [3.05, 3.63) is 57.8 Å². The minimum atomic E-state index is -0.500. The molecule has 1 aromatic heterocycles. The normalized spacial score (nSPS) is 10.1. The second kappa shape index (κ2) is 5.83. The van der Waals surface area contributed by atoms with Crippen LogP contribution in [-0.2, 0) is 0 Å². The third kappa shape index (κ3) is 3.21. The minimum absolute atomic E-state index is 0.303. The van der Waals surface area contributed by atoms with Crippen LogP contribution < -0.4 is 11.1 Å². The van der Waals surface area contributed by atoms with Crippen molar-refractivity contribution in [2.75, 3.05) is 5.32 Å². The van der Waals surface area contributed by atoms with E-state index in [1.807, 2.05) is 0 Å². The molecule has 1 aromatic carbocycles. The molecule has 5 nitrogen and oxygen atoms in total. The van der Waals surface area contributed by atoms with E-state index in [0.29, 0.717) is 21.5 Å². The maximum absolute atomic E-state index is 12.1. The van der Waals surface area contributed by atoms with Gasteiger partial charge in [0.1, 0.15) is 10.3 Å². The zero-order valence-electron chi connectivity index (χ0n) is 10.7. The summed E-state index contributed by atoms with van der Waals surface area (Å²) in [7, 11) is 0. The lowest BCUT2D eigenvalue weighted by molar-refractivity contribution is 0.0998. The fourth-order valence-corrected chi connectivity index (χ4v) is 2.02. The molecule has 2 amide bonds. The van der Waals surface area contributed by atoms with E-state index in [-0.39, 0.29) is 5.91 Å². The van der Waals surface area contributed by atoms with Gasteiger partial charge in [0.15, 0.2) is 0 Å². The van der Waals surface area contributed by atoms with Gasteiger partial charge in [-0.2, -0.15) is 0 Å². The third-order valence-electron chi connectivity index (χ3n) is 2.71. The molecule has 0 atom stereocenters. The van der Waals surface area contributed by atoms with Crippen LogP contribution in [0.3, 0.4) is 0 Å². The number of aromatic nitrogens is 1. The number of pyridine rings is 1. The monoisotopic (exact) mass is 333 g/mol. The van der Waals surface area contributed by atoms with Gasteiger partial charge in [-0.25, -0.2) is 4.98 Å². The lowest BCUT2D eigenvalue weighted by Gasteiger charge is -2.09. The number of rotatable bonds is 3. The highest BCUT2D eigenvalue weighted by Crippen LogP contribution is 2.17. The van der Waals surface area contributed by atoms with Gasteiger partial charge in [0.05, 0.1) is 0 Å². The van der Waals surface area contributed by atoms with Gasteiger partial charge >= 0.3 is 0 Å². The zero-order chi connectivity index (χ0) is 14.7. The standard InChI is InChI=1S/C14H12BrN3O2/c1-8-7-9(13(16)19)5-6-10(8)18-14(20)11-3-2-4-12(15)17-11/h2-7H,1H3,(H2,16,19)(H,18,20). The van der Waals surface area contributed by atoms with E-state index in [9.17, 15) is 9.59 Å². The van der Waals surface area contributed by atoms with Crippen LogP contribution in [0, 0.1) is 6.92 Å². The Morgan fingerprint density at radius 1 is 1.25 bits per heavy atom. The smallest absolute Gasteiger partial charge is 0.274 e. The minimum Gasteiger partial charge on any atom is -0.366 e. The summed E-state index contributed by atoms with van der Waals surface area (Å²) < 4.78 is 0.589. The number of carbonyl (C=O) groups excluding carboxylic acids is 2. The Hall–Kier alpha value is -2.21. The van der Waals surface area contributed by atoms with E-state index >= 15 is 0 Å². The number of halogens is 1. The van der Waals surface area contributed by atoms with Crippen LogP contribution >= 0.6 is 15.9 Å². The summed E-state index contributed by atoms with van der Waals surface area (Å²) in [6.45, 7) is 1.79. The number of amides is 2. The molecule has 0 bridgehead atoms. The molecule has 0 fully saturated rings. The molecular formula is C14H12BrN3O2. The molecule has 6 heteroatoms. The fraction of sp³-hybridized carbons (Fsp3) is 0.0714. The van der Waals surface area contributed by atoms with Crippen molar-refractivity contribution >= 4 is 33.4 Å². The number of hydrogen-bond donors (Lipinski definition) is 2. The summed E-state index contributed by atoms with van der Waals surface area (Å²) in [4.78, 5) is 27.2. The van der Waals surface area contributed by atoms with Crippen molar-refractivity contribution in [3.8, 4) is 0 Å². The Morgan fingerprint density at radius 2 is 2.00 bits per heavy atom. The molecule has 3 N–H and O–H groups in total. The van der Waals surface area contributed by atoms with Crippen LogP contribution in [0.25, 0.3) is 0 Å². The maximum Gasteiger partial charge on any atom is 0.274 e. The molecule has 0 aliphatic rings. The second-order valence-electron chi connectivity index (χ2n) is 4.19. The van der Waals surface area contributed by atoms with E-state index in [1.165, 1.54) is 0 Å². The van der Waals surface area contributed by atoms with E-state index in [1.54, 1.807) is 43.3 Å². The van der Waals surface area contributed by atoms with Gasteiger partial charge in [-0.3, -0.25) is 9.59 Å². The fourth-order valence-electron chi connectivity index (χ4n) is 1.68. The quantitative estimate of drug-likeness (QED) is 0.846. The molecule has 0 saturated carbocycles. The van der Waals surface area contributed by atoms with Gasteiger partial charge < -0.3 is 11.1 Å². The number of nitrogens with two attached hydrogens (primary N) is 1. The molecular weight excluding hydrogens is 322 g/mol. The van der Waals surface area contributed by atoms with Crippen molar-refractivity contribution in [3.63, 3.8) is 0 Å². The number of benzene rings is 1. The lowest BCUT2D eigenvalue weighted by atomic mass is 10.1. The summed E-state index contributed by atoms with van der Waals surface area (Å²) in [6, 6.07) is 9.93. The molecule has 0 radical (unpaired) electrons. The lowest BCUT2D eigenvalue weighted by Crippen LogP contribution is -2.15. The molecule has 0 aliphatic heterocycles. The molecule has 2 aromatic rings. The van der Waals surface area contributed by atoms with Crippen LogP contribution in [0.15, 0.2) is 41.0 Å². The first kappa shape index (κ1) is 14.2. The molecule has 0 unspecified atom stereocenters. The first-order chi connectivity index (χ1) is 9.47. The Balaban J connectivity index is 2.22. The largest absolute Gasteiger partial charge is 0.366 e. The number of primary amides is 1. The third-order valence-corrected chi connectivity index (χ3v) is 3.15.